The van der Waals surface area contributed by atoms with Crippen molar-refractivity contribution in [2.45, 2.75) is 26.4 Å². The number of hydrogen-bond donors (Lipinski definition) is 3. The highest BCUT2D eigenvalue weighted by molar-refractivity contribution is 6.02. The lowest BCUT2D eigenvalue weighted by molar-refractivity contribution is 0.0636. The van der Waals surface area contributed by atoms with Crippen LogP contribution in [0.5, 0.6) is 11.6 Å². The predicted molar refractivity (Wildman–Crippen MR) is 108 cm³/mol. The molecule has 0 aliphatic carbocycles. The van der Waals surface area contributed by atoms with Crippen LogP contribution in [0.2, 0.25) is 0 Å². The topological polar surface area (TPSA) is 123 Å². The van der Waals surface area contributed by atoms with Crippen molar-refractivity contribution in [1.82, 2.24) is 9.97 Å². The molecule has 0 saturated heterocycles. The molecule has 2 amide bonds. The van der Waals surface area contributed by atoms with Gasteiger partial charge in [0.05, 0.1) is 5.69 Å². The fourth-order valence-electron chi connectivity index (χ4n) is 2.55. The number of aromatic nitrogens is 2. The third kappa shape index (κ3) is 5.32. The van der Waals surface area contributed by atoms with Gasteiger partial charge in [-0.05, 0) is 32.9 Å². The van der Waals surface area contributed by atoms with E-state index in [2.05, 4.69) is 20.6 Å². The Morgan fingerprint density at radius 2 is 1.72 bits per heavy atom. The maximum Gasteiger partial charge on any atom is 0.412 e. The smallest absolute Gasteiger partial charge is 0.412 e. The first kappa shape index (κ1) is 19.9. The van der Waals surface area contributed by atoms with Crippen LogP contribution in [0, 0.1) is 0 Å². The van der Waals surface area contributed by atoms with E-state index in [0.717, 1.165) is 10.8 Å². The Morgan fingerprint density at radius 1 is 1.00 bits per heavy atom. The van der Waals surface area contributed by atoms with E-state index in [0.29, 0.717) is 11.4 Å². The van der Waals surface area contributed by atoms with E-state index in [-0.39, 0.29) is 11.8 Å². The normalized spacial score (nSPS) is 11.0. The maximum atomic E-state index is 12.1. The lowest BCUT2D eigenvalue weighted by Gasteiger charge is -2.20. The van der Waals surface area contributed by atoms with E-state index in [9.17, 15) is 9.59 Å². The molecule has 9 heteroatoms. The molecular weight excluding hydrogens is 376 g/mol. The number of anilines is 2. The Morgan fingerprint density at radius 3 is 2.41 bits per heavy atom. The van der Waals surface area contributed by atoms with Crippen molar-refractivity contribution in [2.24, 2.45) is 0 Å². The van der Waals surface area contributed by atoms with E-state index < -0.39 is 17.8 Å². The minimum absolute atomic E-state index is 0.0949. The Hall–Kier alpha value is -3.88. The van der Waals surface area contributed by atoms with Crippen LogP contribution in [0.25, 0.3) is 10.8 Å². The van der Waals surface area contributed by atoms with Gasteiger partial charge in [0.2, 0.25) is 11.8 Å². The Balaban J connectivity index is 1.89. The van der Waals surface area contributed by atoms with Gasteiger partial charge in [0.25, 0.3) is 0 Å². The van der Waals surface area contributed by atoms with Gasteiger partial charge in [0, 0.05) is 23.0 Å². The largest absolute Gasteiger partial charge is 0.465 e. The summed E-state index contributed by atoms with van der Waals surface area (Å²) in [6, 6.07) is 12.2. The van der Waals surface area contributed by atoms with E-state index >= 15 is 0 Å². The predicted octanol–water partition coefficient (Wildman–Crippen LogP) is 4.86. The van der Waals surface area contributed by atoms with Crippen molar-refractivity contribution >= 4 is 34.6 Å². The van der Waals surface area contributed by atoms with Gasteiger partial charge in [-0.2, -0.15) is 4.98 Å². The van der Waals surface area contributed by atoms with Gasteiger partial charge < -0.3 is 14.6 Å². The van der Waals surface area contributed by atoms with Crippen molar-refractivity contribution in [3.8, 4) is 11.6 Å². The fraction of sp³-hybridized carbons (Fsp3) is 0.200. The van der Waals surface area contributed by atoms with Gasteiger partial charge in [0.15, 0.2) is 0 Å². The summed E-state index contributed by atoms with van der Waals surface area (Å²) in [7, 11) is 0. The van der Waals surface area contributed by atoms with Crippen molar-refractivity contribution in [3.05, 3.63) is 48.7 Å². The standard InChI is InChI=1S/C20H20N4O5/c1-20(2,3)29-19(27)22-14-8-9-15(13-7-5-4-6-12(13)14)28-16-10-11-21-17(23-16)24-18(25)26/h4-11H,1-3H3,(H,22,27)(H,25,26)(H,21,23,24). The lowest BCUT2D eigenvalue weighted by Crippen LogP contribution is -2.27. The van der Waals surface area contributed by atoms with Crippen LogP contribution in [0.3, 0.4) is 0 Å². The molecule has 0 aliphatic heterocycles. The number of amides is 2. The van der Waals surface area contributed by atoms with Gasteiger partial charge in [-0.25, -0.2) is 14.6 Å². The van der Waals surface area contributed by atoms with Crippen LogP contribution in [-0.2, 0) is 4.74 Å². The fourth-order valence-corrected chi connectivity index (χ4v) is 2.55. The zero-order chi connectivity index (χ0) is 21.0. The molecule has 2 aromatic carbocycles. The van der Waals surface area contributed by atoms with Crippen molar-refractivity contribution < 1.29 is 24.2 Å². The molecule has 1 heterocycles. The Kier molecular flexibility index (Phi) is 5.49. The monoisotopic (exact) mass is 396 g/mol. The van der Waals surface area contributed by atoms with Gasteiger partial charge in [0.1, 0.15) is 11.4 Å². The SMILES string of the molecule is CC(C)(C)OC(=O)Nc1ccc(Oc2ccnc(NC(=O)O)n2)c2ccccc12. The molecule has 3 rings (SSSR count). The summed E-state index contributed by atoms with van der Waals surface area (Å²) in [6.45, 7) is 5.37. The van der Waals surface area contributed by atoms with E-state index in [1.54, 1.807) is 32.9 Å². The van der Waals surface area contributed by atoms with Crippen LogP contribution in [-0.4, -0.2) is 32.9 Å². The summed E-state index contributed by atoms with van der Waals surface area (Å²) in [5.41, 5.74) is -0.0457. The molecule has 0 radical (unpaired) electrons. The molecule has 3 aromatic rings. The third-order valence-corrected chi connectivity index (χ3v) is 3.58. The summed E-state index contributed by atoms with van der Waals surface area (Å²) in [5, 5.41) is 15.1. The molecule has 0 aliphatic rings. The van der Waals surface area contributed by atoms with Crippen LogP contribution in [0.15, 0.2) is 48.7 Å². The van der Waals surface area contributed by atoms with Gasteiger partial charge in [-0.3, -0.25) is 10.6 Å². The maximum absolute atomic E-state index is 12.1. The minimum atomic E-state index is -1.27. The number of benzene rings is 2. The molecule has 0 fully saturated rings. The Bertz CT molecular complexity index is 1060. The van der Waals surface area contributed by atoms with Gasteiger partial charge in [-0.1, -0.05) is 24.3 Å². The molecule has 0 atom stereocenters. The van der Waals surface area contributed by atoms with E-state index in [1.165, 1.54) is 12.3 Å². The number of nitrogens with one attached hydrogen (secondary N) is 2. The second-order valence-electron chi connectivity index (χ2n) is 7.03. The lowest BCUT2D eigenvalue weighted by atomic mass is 10.1. The zero-order valence-electron chi connectivity index (χ0n) is 16.1. The number of carboxylic acid groups (broad SMARTS) is 1. The van der Waals surface area contributed by atoms with Crippen molar-refractivity contribution in [1.29, 1.82) is 0 Å². The average molecular weight is 396 g/mol. The number of carbonyl (C=O) groups is 2. The van der Waals surface area contributed by atoms with Crippen LogP contribution >= 0.6 is 0 Å². The number of carbonyl (C=O) groups excluding carboxylic acids is 1. The molecule has 0 unspecified atom stereocenters. The van der Waals surface area contributed by atoms with Crippen LogP contribution in [0.1, 0.15) is 20.8 Å². The highest BCUT2D eigenvalue weighted by Gasteiger charge is 2.17. The van der Waals surface area contributed by atoms with Crippen molar-refractivity contribution in [3.63, 3.8) is 0 Å². The molecule has 0 spiro atoms. The summed E-state index contributed by atoms with van der Waals surface area (Å²) >= 11 is 0. The van der Waals surface area contributed by atoms with E-state index in [4.69, 9.17) is 14.6 Å². The molecule has 9 nitrogen and oxygen atoms in total. The minimum Gasteiger partial charge on any atom is -0.465 e. The highest BCUT2D eigenvalue weighted by Crippen LogP contribution is 2.34. The first-order valence-electron chi connectivity index (χ1n) is 8.74. The molecule has 1 aromatic heterocycles. The Labute approximate surface area is 166 Å². The molecule has 0 bridgehead atoms. The first-order chi connectivity index (χ1) is 13.7. The molecule has 0 saturated carbocycles. The first-order valence-corrected chi connectivity index (χ1v) is 8.74. The van der Waals surface area contributed by atoms with Crippen LogP contribution in [0.4, 0.5) is 21.2 Å². The summed E-state index contributed by atoms with van der Waals surface area (Å²) in [6.07, 6.45) is -0.449. The molecule has 29 heavy (non-hydrogen) atoms. The van der Waals surface area contributed by atoms with Crippen molar-refractivity contribution in [2.75, 3.05) is 10.6 Å². The number of fused-ring (bicyclic) bond motifs is 1. The third-order valence-electron chi connectivity index (χ3n) is 3.58. The molecule has 150 valence electrons. The van der Waals surface area contributed by atoms with Crippen LogP contribution < -0.4 is 15.4 Å². The summed E-state index contributed by atoms with van der Waals surface area (Å²) in [5.74, 6) is 0.555. The average Bonchev–Trinajstić information content (AvgIpc) is 2.62. The number of nitrogens with zero attached hydrogens (tertiary/aromatic N) is 2. The number of rotatable bonds is 4. The van der Waals surface area contributed by atoms with E-state index in [1.807, 2.05) is 24.3 Å². The second kappa shape index (κ2) is 8.01. The summed E-state index contributed by atoms with van der Waals surface area (Å²) in [4.78, 5) is 30.7. The van der Waals surface area contributed by atoms with Gasteiger partial charge >= 0.3 is 12.2 Å². The second-order valence-corrected chi connectivity index (χ2v) is 7.03. The molecule has 3 N–H and O–H groups in total. The highest BCUT2D eigenvalue weighted by atomic mass is 16.6. The zero-order valence-corrected chi connectivity index (χ0v) is 16.1. The molecular formula is C20H20N4O5. The number of hydrogen-bond acceptors (Lipinski definition) is 6. The number of ether oxygens (including phenoxy) is 2. The van der Waals surface area contributed by atoms with Gasteiger partial charge in [-0.15, -0.1) is 0 Å². The summed E-state index contributed by atoms with van der Waals surface area (Å²) < 4.78 is 11.1. The quantitative estimate of drug-likeness (QED) is 0.575.